The van der Waals surface area contributed by atoms with Gasteiger partial charge < -0.3 is 10.1 Å². The van der Waals surface area contributed by atoms with Crippen LogP contribution in [0.25, 0.3) is 10.9 Å². The number of amides is 2. The van der Waals surface area contributed by atoms with Gasteiger partial charge in [0.05, 0.1) is 18.1 Å². The molecule has 0 saturated heterocycles. The van der Waals surface area contributed by atoms with Crippen LogP contribution in [0.4, 0.5) is 4.79 Å². The second kappa shape index (κ2) is 8.00. The van der Waals surface area contributed by atoms with Crippen LogP contribution in [-0.2, 0) is 23.0 Å². The fraction of sp³-hybridized carbons (Fsp3) is 0.421. The van der Waals surface area contributed by atoms with E-state index in [1.54, 1.807) is 58.6 Å². The van der Waals surface area contributed by atoms with E-state index in [9.17, 15) is 9.59 Å². The molecule has 2 N–H and O–H groups in total. The van der Waals surface area contributed by atoms with Gasteiger partial charge in [-0.25, -0.2) is 4.79 Å². The number of fused-ring (bicyclic) bond motifs is 1. The smallest absolute Gasteiger partial charge is 0.413 e. The van der Waals surface area contributed by atoms with Crippen molar-refractivity contribution in [3.8, 4) is 0 Å². The SMILES string of the molecule is CC(C)=C(NC(=O)Cc1c(Cl)ccc2cnn(C)c12)NC(=O)OC(C)(C)C. The Hall–Kier alpha value is -2.54. The summed E-state index contributed by atoms with van der Waals surface area (Å²) in [4.78, 5) is 24.6. The highest BCUT2D eigenvalue weighted by molar-refractivity contribution is 6.32. The van der Waals surface area contributed by atoms with Crippen LogP contribution < -0.4 is 10.6 Å². The predicted octanol–water partition coefficient (Wildman–Crippen LogP) is 3.66. The Morgan fingerprint density at radius 1 is 1.22 bits per heavy atom. The third kappa shape index (κ3) is 5.47. The van der Waals surface area contributed by atoms with Crippen molar-refractivity contribution in [2.75, 3.05) is 0 Å². The van der Waals surface area contributed by atoms with Crippen molar-refractivity contribution in [2.24, 2.45) is 7.05 Å². The van der Waals surface area contributed by atoms with Crippen molar-refractivity contribution in [2.45, 2.75) is 46.6 Å². The average Bonchev–Trinajstić information content (AvgIpc) is 2.89. The van der Waals surface area contributed by atoms with Gasteiger partial charge in [-0.1, -0.05) is 11.6 Å². The molecule has 2 amide bonds. The van der Waals surface area contributed by atoms with Crippen LogP contribution >= 0.6 is 11.6 Å². The number of rotatable bonds is 4. The second-order valence-corrected chi connectivity index (χ2v) is 7.87. The zero-order valence-corrected chi connectivity index (χ0v) is 17.2. The van der Waals surface area contributed by atoms with Crippen molar-refractivity contribution in [3.05, 3.63) is 40.3 Å². The molecule has 0 unspecified atom stereocenters. The van der Waals surface area contributed by atoms with Crippen molar-refractivity contribution >= 4 is 34.5 Å². The first-order valence-corrected chi connectivity index (χ1v) is 8.92. The van der Waals surface area contributed by atoms with Gasteiger partial charge in [0.15, 0.2) is 0 Å². The minimum Gasteiger partial charge on any atom is -0.444 e. The topological polar surface area (TPSA) is 85.3 Å². The summed E-state index contributed by atoms with van der Waals surface area (Å²) in [6.45, 7) is 8.86. The molecule has 0 radical (unpaired) electrons. The summed E-state index contributed by atoms with van der Waals surface area (Å²) in [6, 6.07) is 3.60. The molecule has 8 heteroatoms. The lowest BCUT2D eigenvalue weighted by Gasteiger charge is -2.21. The Kier molecular flexibility index (Phi) is 6.15. The lowest BCUT2D eigenvalue weighted by atomic mass is 10.1. The molecule has 1 aromatic carbocycles. The summed E-state index contributed by atoms with van der Waals surface area (Å²) in [5.41, 5.74) is 1.58. The molecule has 0 saturated carbocycles. The van der Waals surface area contributed by atoms with Crippen LogP contribution in [0.15, 0.2) is 29.7 Å². The molecule has 7 nitrogen and oxygen atoms in total. The third-order valence-corrected chi connectivity index (χ3v) is 4.03. The van der Waals surface area contributed by atoms with Crippen molar-refractivity contribution in [3.63, 3.8) is 0 Å². The highest BCUT2D eigenvalue weighted by Crippen LogP contribution is 2.26. The number of aryl methyl sites for hydroxylation is 1. The van der Waals surface area contributed by atoms with Gasteiger partial charge in [-0.05, 0) is 52.3 Å². The largest absolute Gasteiger partial charge is 0.444 e. The monoisotopic (exact) mass is 392 g/mol. The first-order valence-electron chi connectivity index (χ1n) is 8.54. The molecular formula is C19H25ClN4O3. The average molecular weight is 393 g/mol. The maximum absolute atomic E-state index is 12.6. The van der Waals surface area contributed by atoms with E-state index in [1.165, 1.54) is 0 Å². The molecule has 0 spiro atoms. The number of aromatic nitrogens is 2. The minimum atomic E-state index is -0.635. The van der Waals surface area contributed by atoms with E-state index in [0.717, 1.165) is 16.5 Å². The molecule has 0 fully saturated rings. The Balaban J connectivity index is 2.16. The lowest BCUT2D eigenvalue weighted by Crippen LogP contribution is -2.39. The zero-order chi connectivity index (χ0) is 20.4. The van der Waals surface area contributed by atoms with Gasteiger partial charge in [-0.3, -0.25) is 14.8 Å². The van der Waals surface area contributed by atoms with E-state index < -0.39 is 11.7 Å². The Morgan fingerprint density at radius 2 is 1.89 bits per heavy atom. The van der Waals surface area contributed by atoms with Crippen molar-refractivity contribution in [1.29, 1.82) is 0 Å². The number of nitrogens with one attached hydrogen (secondary N) is 2. The van der Waals surface area contributed by atoms with Crippen LogP contribution in [0.1, 0.15) is 40.2 Å². The van der Waals surface area contributed by atoms with E-state index in [2.05, 4.69) is 15.7 Å². The van der Waals surface area contributed by atoms with Crippen molar-refractivity contribution < 1.29 is 14.3 Å². The van der Waals surface area contributed by atoms with Crippen LogP contribution in [0, 0.1) is 0 Å². The van der Waals surface area contributed by atoms with Gasteiger partial charge in [0.2, 0.25) is 5.91 Å². The van der Waals surface area contributed by atoms with E-state index in [-0.39, 0.29) is 12.3 Å². The fourth-order valence-corrected chi connectivity index (χ4v) is 2.74. The Bertz CT molecular complexity index is 906. The van der Waals surface area contributed by atoms with Crippen LogP contribution in [0.3, 0.4) is 0 Å². The predicted molar refractivity (Wildman–Crippen MR) is 105 cm³/mol. The van der Waals surface area contributed by atoms with Gasteiger partial charge in [0, 0.05) is 23.0 Å². The number of alkyl carbamates (subject to hydrolysis) is 1. The molecule has 0 aliphatic heterocycles. The summed E-state index contributed by atoms with van der Waals surface area (Å²) < 4.78 is 6.92. The zero-order valence-electron chi connectivity index (χ0n) is 16.4. The third-order valence-electron chi connectivity index (χ3n) is 3.68. The first kappa shape index (κ1) is 20.8. The van der Waals surface area contributed by atoms with Gasteiger partial charge in [-0.2, -0.15) is 5.10 Å². The van der Waals surface area contributed by atoms with Crippen molar-refractivity contribution in [1.82, 2.24) is 20.4 Å². The minimum absolute atomic E-state index is 0.0441. The van der Waals surface area contributed by atoms with E-state index in [0.29, 0.717) is 16.4 Å². The quantitative estimate of drug-likeness (QED) is 0.831. The summed E-state index contributed by atoms with van der Waals surface area (Å²) in [5.74, 6) is -0.0135. The second-order valence-electron chi connectivity index (χ2n) is 7.46. The van der Waals surface area contributed by atoms with Crippen LogP contribution in [0.2, 0.25) is 5.02 Å². The van der Waals surface area contributed by atoms with Gasteiger partial charge in [-0.15, -0.1) is 0 Å². The Morgan fingerprint density at radius 3 is 2.48 bits per heavy atom. The molecule has 2 rings (SSSR count). The number of benzene rings is 1. The number of carbonyl (C=O) groups is 2. The lowest BCUT2D eigenvalue weighted by molar-refractivity contribution is -0.119. The molecule has 0 aliphatic carbocycles. The molecule has 2 aromatic rings. The van der Waals surface area contributed by atoms with Gasteiger partial charge >= 0.3 is 6.09 Å². The maximum atomic E-state index is 12.6. The highest BCUT2D eigenvalue weighted by Gasteiger charge is 2.19. The fourth-order valence-electron chi connectivity index (χ4n) is 2.52. The normalized spacial score (nSPS) is 11.2. The Labute approximate surface area is 163 Å². The maximum Gasteiger partial charge on any atom is 0.413 e. The number of nitrogens with zero attached hydrogens (tertiary/aromatic N) is 2. The number of halogens is 1. The molecule has 146 valence electrons. The summed E-state index contributed by atoms with van der Waals surface area (Å²) in [5, 5.41) is 10.9. The summed E-state index contributed by atoms with van der Waals surface area (Å²) in [6.07, 6.45) is 1.13. The number of ether oxygens (including phenoxy) is 1. The summed E-state index contributed by atoms with van der Waals surface area (Å²) >= 11 is 6.31. The molecule has 0 aliphatic rings. The number of carbonyl (C=O) groups excluding carboxylic acids is 2. The first-order chi connectivity index (χ1) is 12.5. The molecule has 1 aromatic heterocycles. The van der Waals surface area contributed by atoms with Crippen LogP contribution in [0.5, 0.6) is 0 Å². The molecule has 1 heterocycles. The number of allylic oxidation sites excluding steroid dienone is 1. The van der Waals surface area contributed by atoms with E-state index in [1.807, 2.05) is 6.07 Å². The van der Waals surface area contributed by atoms with Gasteiger partial charge in [0.25, 0.3) is 0 Å². The van der Waals surface area contributed by atoms with E-state index >= 15 is 0 Å². The molecule has 0 atom stereocenters. The summed E-state index contributed by atoms with van der Waals surface area (Å²) in [7, 11) is 1.80. The van der Waals surface area contributed by atoms with E-state index in [4.69, 9.17) is 16.3 Å². The molecular weight excluding hydrogens is 368 g/mol. The number of hydrogen-bond acceptors (Lipinski definition) is 4. The molecule has 0 bridgehead atoms. The highest BCUT2D eigenvalue weighted by atomic mass is 35.5. The number of hydrogen-bond donors (Lipinski definition) is 2. The molecule has 27 heavy (non-hydrogen) atoms. The van der Waals surface area contributed by atoms with Crippen LogP contribution in [-0.4, -0.2) is 27.4 Å². The van der Waals surface area contributed by atoms with Gasteiger partial charge in [0.1, 0.15) is 11.4 Å². The standard InChI is InChI=1S/C19H25ClN4O3/c1-11(2)17(23-18(26)27-19(3,4)5)22-15(25)9-13-14(20)8-7-12-10-21-24(6)16(12)13/h7-8,10H,9H2,1-6H3,(H,22,25)(H,23,26).